The number of hydrogen-bond acceptors (Lipinski definition) is 5. The Kier molecular flexibility index (Phi) is 3.78. The fraction of sp³-hybridized carbons (Fsp3) is 0.818. The number of rotatable bonds is 4. The normalized spacial score (nSPS) is 22.2. The molecule has 2 atom stereocenters. The quantitative estimate of drug-likeness (QED) is 0.690. The summed E-state index contributed by atoms with van der Waals surface area (Å²) in [6.45, 7) is 7.39. The van der Waals surface area contributed by atoms with Crippen LogP contribution in [-0.4, -0.2) is 30.9 Å². The van der Waals surface area contributed by atoms with Gasteiger partial charge in [0.05, 0.1) is 5.41 Å². The molecule has 92 valence electrons. The van der Waals surface area contributed by atoms with Crippen molar-refractivity contribution in [1.29, 1.82) is 0 Å². The molecule has 0 amide bonds. The third kappa shape index (κ3) is 2.87. The number of esters is 1. The summed E-state index contributed by atoms with van der Waals surface area (Å²) < 4.78 is 14.7. The van der Waals surface area contributed by atoms with Crippen LogP contribution >= 0.6 is 0 Å². The van der Waals surface area contributed by atoms with E-state index in [0.717, 1.165) is 0 Å². The van der Waals surface area contributed by atoms with E-state index in [1.165, 1.54) is 0 Å². The van der Waals surface area contributed by atoms with Crippen LogP contribution in [0.1, 0.15) is 34.1 Å². The average molecular weight is 230 g/mol. The lowest BCUT2D eigenvalue weighted by atomic mass is 9.90. The molecule has 0 bridgehead atoms. The zero-order chi connectivity index (χ0) is 12.3. The molecule has 0 spiro atoms. The molecule has 0 aliphatic carbocycles. The molecule has 0 aromatic rings. The summed E-state index contributed by atoms with van der Waals surface area (Å²) in [5, 5.41) is 0. The van der Waals surface area contributed by atoms with Crippen LogP contribution < -0.4 is 0 Å². The molecule has 0 aromatic heterocycles. The molecule has 1 heterocycles. The summed E-state index contributed by atoms with van der Waals surface area (Å²) in [6.07, 6.45) is -0.990. The zero-order valence-electron chi connectivity index (χ0n) is 10.1. The molecule has 16 heavy (non-hydrogen) atoms. The molecule has 1 fully saturated rings. The zero-order valence-corrected chi connectivity index (χ0v) is 10.1. The van der Waals surface area contributed by atoms with Gasteiger partial charge in [0, 0.05) is 0 Å². The van der Waals surface area contributed by atoms with E-state index in [9.17, 15) is 9.59 Å². The Morgan fingerprint density at radius 1 is 1.62 bits per heavy atom. The molecule has 1 aliphatic rings. The van der Waals surface area contributed by atoms with Gasteiger partial charge in [0.15, 0.2) is 6.10 Å². The van der Waals surface area contributed by atoms with Crippen molar-refractivity contribution in [1.82, 2.24) is 0 Å². The van der Waals surface area contributed by atoms with Crippen molar-refractivity contribution in [3.63, 3.8) is 0 Å². The second-order valence-corrected chi connectivity index (χ2v) is 4.57. The van der Waals surface area contributed by atoms with E-state index in [-0.39, 0.29) is 12.6 Å². The molecule has 0 saturated carbocycles. The van der Waals surface area contributed by atoms with E-state index >= 15 is 0 Å². The summed E-state index contributed by atoms with van der Waals surface area (Å²) in [7, 11) is 0. The summed E-state index contributed by atoms with van der Waals surface area (Å²) in [5.41, 5.74) is -0.516. The average Bonchev–Trinajstić information content (AvgIpc) is 2.64. The SMILES string of the molecule is CCC(C)(C)C(=O)OC(C)C1COC(=O)O1. The van der Waals surface area contributed by atoms with Crippen molar-refractivity contribution in [3.8, 4) is 0 Å². The highest BCUT2D eigenvalue weighted by atomic mass is 16.8. The lowest BCUT2D eigenvalue weighted by molar-refractivity contribution is -0.163. The first kappa shape index (κ1) is 12.8. The first-order valence-electron chi connectivity index (χ1n) is 5.41. The van der Waals surface area contributed by atoms with Crippen molar-refractivity contribution < 1.29 is 23.8 Å². The predicted molar refractivity (Wildman–Crippen MR) is 55.8 cm³/mol. The number of hydrogen-bond donors (Lipinski definition) is 0. The van der Waals surface area contributed by atoms with E-state index in [4.69, 9.17) is 9.47 Å². The van der Waals surface area contributed by atoms with E-state index in [2.05, 4.69) is 4.74 Å². The third-order valence-electron chi connectivity index (χ3n) is 2.87. The minimum Gasteiger partial charge on any atom is -0.458 e. The largest absolute Gasteiger partial charge is 0.508 e. The van der Waals surface area contributed by atoms with E-state index in [1.807, 2.05) is 20.8 Å². The van der Waals surface area contributed by atoms with Gasteiger partial charge >= 0.3 is 12.1 Å². The van der Waals surface area contributed by atoms with Crippen LogP contribution in [0.3, 0.4) is 0 Å². The molecular weight excluding hydrogens is 212 g/mol. The van der Waals surface area contributed by atoms with Crippen LogP contribution in [-0.2, 0) is 19.0 Å². The number of carbonyl (C=O) groups excluding carboxylic acids is 2. The standard InChI is InChI=1S/C11H18O5/c1-5-11(3,4)9(12)15-7(2)8-6-14-10(13)16-8/h7-8H,5-6H2,1-4H3. The smallest absolute Gasteiger partial charge is 0.458 e. The van der Waals surface area contributed by atoms with Crippen LogP contribution in [0.5, 0.6) is 0 Å². The van der Waals surface area contributed by atoms with Crippen LogP contribution in [0.25, 0.3) is 0 Å². The first-order chi connectivity index (χ1) is 7.36. The summed E-state index contributed by atoms with van der Waals surface area (Å²) in [4.78, 5) is 22.5. The number of carbonyl (C=O) groups is 2. The highest BCUT2D eigenvalue weighted by Gasteiger charge is 2.35. The topological polar surface area (TPSA) is 61.8 Å². The highest BCUT2D eigenvalue weighted by molar-refractivity contribution is 5.76. The maximum absolute atomic E-state index is 11.7. The fourth-order valence-corrected chi connectivity index (χ4v) is 1.12. The minimum atomic E-state index is -0.706. The Morgan fingerprint density at radius 3 is 2.69 bits per heavy atom. The van der Waals surface area contributed by atoms with E-state index in [0.29, 0.717) is 6.42 Å². The van der Waals surface area contributed by atoms with Crippen molar-refractivity contribution in [2.45, 2.75) is 46.3 Å². The second-order valence-electron chi connectivity index (χ2n) is 4.57. The fourth-order valence-electron chi connectivity index (χ4n) is 1.12. The lowest BCUT2D eigenvalue weighted by Crippen LogP contribution is -2.35. The molecule has 0 radical (unpaired) electrons. The van der Waals surface area contributed by atoms with Gasteiger partial charge in [-0.3, -0.25) is 4.79 Å². The van der Waals surface area contributed by atoms with Gasteiger partial charge in [-0.05, 0) is 27.2 Å². The lowest BCUT2D eigenvalue weighted by Gasteiger charge is -2.24. The van der Waals surface area contributed by atoms with Crippen molar-refractivity contribution >= 4 is 12.1 Å². The number of ether oxygens (including phenoxy) is 3. The molecule has 1 rings (SSSR count). The monoisotopic (exact) mass is 230 g/mol. The van der Waals surface area contributed by atoms with Crippen LogP contribution in [0, 0.1) is 5.41 Å². The molecule has 5 nitrogen and oxygen atoms in total. The Bertz CT molecular complexity index is 284. The van der Waals surface area contributed by atoms with Gasteiger partial charge in [-0.25, -0.2) is 4.79 Å². The van der Waals surface area contributed by atoms with Gasteiger partial charge in [-0.2, -0.15) is 0 Å². The maximum atomic E-state index is 11.7. The van der Waals surface area contributed by atoms with Crippen molar-refractivity contribution in [3.05, 3.63) is 0 Å². The molecule has 0 aromatic carbocycles. The van der Waals surface area contributed by atoms with Gasteiger partial charge in [0.1, 0.15) is 12.7 Å². The van der Waals surface area contributed by atoms with E-state index in [1.54, 1.807) is 6.92 Å². The van der Waals surface area contributed by atoms with Gasteiger partial charge in [0.2, 0.25) is 0 Å². The molecule has 0 N–H and O–H groups in total. The molecule has 1 aliphatic heterocycles. The van der Waals surface area contributed by atoms with Gasteiger partial charge in [0.25, 0.3) is 0 Å². The molecule has 2 unspecified atom stereocenters. The van der Waals surface area contributed by atoms with E-state index < -0.39 is 23.8 Å². The van der Waals surface area contributed by atoms with Gasteiger partial charge < -0.3 is 14.2 Å². The summed E-state index contributed by atoms with van der Waals surface area (Å²) >= 11 is 0. The first-order valence-corrected chi connectivity index (χ1v) is 5.41. The Balaban J connectivity index is 2.48. The third-order valence-corrected chi connectivity index (χ3v) is 2.87. The summed E-state index contributed by atoms with van der Waals surface area (Å²) in [5.74, 6) is -0.287. The minimum absolute atomic E-state index is 0.139. The Morgan fingerprint density at radius 2 is 2.25 bits per heavy atom. The van der Waals surface area contributed by atoms with Crippen LogP contribution in [0.2, 0.25) is 0 Å². The summed E-state index contributed by atoms with van der Waals surface area (Å²) in [6, 6.07) is 0. The highest BCUT2D eigenvalue weighted by Crippen LogP contribution is 2.23. The van der Waals surface area contributed by atoms with Crippen molar-refractivity contribution in [2.24, 2.45) is 5.41 Å². The maximum Gasteiger partial charge on any atom is 0.508 e. The molecule has 5 heteroatoms. The molecule has 1 saturated heterocycles. The number of cyclic esters (lactones) is 2. The van der Waals surface area contributed by atoms with Gasteiger partial charge in [-0.15, -0.1) is 0 Å². The van der Waals surface area contributed by atoms with Crippen LogP contribution in [0.15, 0.2) is 0 Å². The Labute approximate surface area is 95.0 Å². The van der Waals surface area contributed by atoms with Crippen LogP contribution in [0.4, 0.5) is 4.79 Å². The predicted octanol–water partition coefficient (Wildman–Crippen LogP) is 1.89. The second kappa shape index (κ2) is 4.72. The molecular formula is C11H18O5. The van der Waals surface area contributed by atoms with Crippen molar-refractivity contribution in [2.75, 3.05) is 6.61 Å². The Hall–Kier alpha value is -1.26. The van der Waals surface area contributed by atoms with Gasteiger partial charge in [-0.1, -0.05) is 6.92 Å².